The summed E-state index contributed by atoms with van der Waals surface area (Å²) in [6, 6.07) is 0. The van der Waals surface area contributed by atoms with Crippen LogP contribution < -0.4 is 0 Å². The van der Waals surface area contributed by atoms with E-state index < -0.39 is 5.60 Å². The second kappa shape index (κ2) is 7.10. The van der Waals surface area contributed by atoms with Crippen molar-refractivity contribution in [3.05, 3.63) is 0 Å². The first-order valence-corrected chi connectivity index (χ1v) is 7.18. The Labute approximate surface area is 110 Å². The van der Waals surface area contributed by atoms with E-state index in [1.165, 1.54) is 0 Å². The summed E-state index contributed by atoms with van der Waals surface area (Å²) in [4.78, 5) is 14.2. The Morgan fingerprint density at radius 1 is 1.33 bits per heavy atom. The molecule has 0 bridgehead atoms. The topological polar surface area (TPSA) is 49.8 Å². The van der Waals surface area contributed by atoms with E-state index in [0.29, 0.717) is 25.9 Å². The van der Waals surface area contributed by atoms with Gasteiger partial charge in [0, 0.05) is 13.1 Å². The van der Waals surface area contributed by atoms with Gasteiger partial charge in [-0.25, -0.2) is 0 Å². The van der Waals surface area contributed by atoms with E-state index in [-0.39, 0.29) is 11.9 Å². The summed E-state index contributed by atoms with van der Waals surface area (Å²) in [5.41, 5.74) is -0.870. The van der Waals surface area contributed by atoms with Crippen LogP contribution in [0.1, 0.15) is 46.5 Å². The fourth-order valence-corrected chi connectivity index (χ4v) is 2.84. The zero-order valence-corrected chi connectivity index (χ0v) is 11.9. The lowest BCUT2D eigenvalue weighted by atomic mass is 9.78. The average molecular weight is 257 g/mol. The predicted octanol–water partition coefficient (Wildman–Crippen LogP) is 1.81. The maximum absolute atomic E-state index is 11.9. The summed E-state index contributed by atoms with van der Waals surface area (Å²) in [6.45, 7) is 9.12. The first-order chi connectivity index (χ1) is 8.57. The lowest BCUT2D eigenvalue weighted by molar-refractivity contribution is -0.162. The first kappa shape index (κ1) is 15.4. The van der Waals surface area contributed by atoms with E-state index in [2.05, 4.69) is 11.8 Å². The molecule has 18 heavy (non-hydrogen) atoms. The zero-order valence-electron chi connectivity index (χ0n) is 11.9. The standard InChI is InChI=1S/C14H27NO3/c1-4-9-15-10-7-14(17,8-11-15)12(5-2)13(16)18-6-3/h12,17H,4-11H2,1-3H3. The van der Waals surface area contributed by atoms with Crippen molar-refractivity contribution in [3.63, 3.8) is 0 Å². The minimum atomic E-state index is -0.870. The van der Waals surface area contributed by atoms with E-state index >= 15 is 0 Å². The number of hydrogen-bond acceptors (Lipinski definition) is 4. The van der Waals surface area contributed by atoms with Crippen molar-refractivity contribution >= 4 is 5.97 Å². The smallest absolute Gasteiger partial charge is 0.311 e. The fourth-order valence-electron chi connectivity index (χ4n) is 2.84. The average Bonchev–Trinajstić information content (AvgIpc) is 2.34. The highest BCUT2D eigenvalue weighted by Crippen LogP contribution is 2.32. The molecule has 1 rings (SSSR count). The summed E-state index contributed by atoms with van der Waals surface area (Å²) in [7, 11) is 0. The molecule has 1 fully saturated rings. The number of piperidine rings is 1. The van der Waals surface area contributed by atoms with Crippen LogP contribution in [0.5, 0.6) is 0 Å². The van der Waals surface area contributed by atoms with Gasteiger partial charge in [0.25, 0.3) is 0 Å². The number of aliphatic hydroxyl groups is 1. The van der Waals surface area contributed by atoms with Crippen molar-refractivity contribution in [1.82, 2.24) is 4.90 Å². The molecule has 4 nitrogen and oxygen atoms in total. The number of ether oxygens (including phenoxy) is 1. The summed E-state index contributed by atoms with van der Waals surface area (Å²) in [5, 5.41) is 10.7. The molecule has 1 saturated heterocycles. The summed E-state index contributed by atoms with van der Waals surface area (Å²) in [6.07, 6.45) is 3.12. The van der Waals surface area contributed by atoms with Gasteiger partial charge in [0.1, 0.15) is 0 Å². The van der Waals surface area contributed by atoms with Crippen molar-refractivity contribution in [3.8, 4) is 0 Å². The van der Waals surface area contributed by atoms with Gasteiger partial charge in [-0.1, -0.05) is 13.8 Å². The van der Waals surface area contributed by atoms with Crippen LogP contribution in [0.3, 0.4) is 0 Å². The molecule has 0 amide bonds. The van der Waals surface area contributed by atoms with Crippen molar-refractivity contribution < 1.29 is 14.6 Å². The third-order valence-corrected chi connectivity index (χ3v) is 3.89. The number of nitrogens with zero attached hydrogens (tertiary/aromatic N) is 1. The van der Waals surface area contributed by atoms with Crippen LogP contribution in [0.4, 0.5) is 0 Å². The number of esters is 1. The van der Waals surface area contributed by atoms with E-state index in [4.69, 9.17) is 4.74 Å². The number of likely N-dealkylation sites (tertiary alicyclic amines) is 1. The van der Waals surface area contributed by atoms with Gasteiger partial charge in [-0.2, -0.15) is 0 Å². The Hall–Kier alpha value is -0.610. The van der Waals surface area contributed by atoms with Gasteiger partial charge in [0.2, 0.25) is 0 Å². The second-order valence-electron chi connectivity index (χ2n) is 5.16. The Kier molecular flexibility index (Phi) is 6.09. The van der Waals surface area contributed by atoms with Crippen LogP contribution in [0.15, 0.2) is 0 Å². The van der Waals surface area contributed by atoms with Gasteiger partial charge in [-0.05, 0) is 39.2 Å². The number of rotatable bonds is 6. The lowest BCUT2D eigenvalue weighted by Gasteiger charge is -2.41. The van der Waals surface area contributed by atoms with Crippen molar-refractivity contribution in [2.45, 2.75) is 52.1 Å². The summed E-state index contributed by atoms with van der Waals surface area (Å²) in [5.74, 6) is -0.618. The van der Waals surface area contributed by atoms with E-state index in [1.807, 2.05) is 6.92 Å². The van der Waals surface area contributed by atoms with Crippen LogP contribution in [0.2, 0.25) is 0 Å². The number of carbonyl (C=O) groups is 1. The van der Waals surface area contributed by atoms with Gasteiger partial charge in [0.15, 0.2) is 0 Å². The third kappa shape index (κ3) is 3.69. The zero-order chi connectivity index (χ0) is 13.6. The largest absolute Gasteiger partial charge is 0.466 e. The highest BCUT2D eigenvalue weighted by molar-refractivity contribution is 5.73. The molecule has 0 radical (unpaired) electrons. The third-order valence-electron chi connectivity index (χ3n) is 3.89. The van der Waals surface area contributed by atoms with Crippen LogP contribution >= 0.6 is 0 Å². The molecule has 1 atom stereocenters. The number of hydrogen-bond donors (Lipinski definition) is 1. The predicted molar refractivity (Wildman–Crippen MR) is 71.3 cm³/mol. The van der Waals surface area contributed by atoms with E-state index in [9.17, 15) is 9.90 Å². The molecule has 0 aliphatic carbocycles. The van der Waals surface area contributed by atoms with Gasteiger partial charge >= 0.3 is 5.97 Å². The van der Waals surface area contributed by atoms with E-state index in [1.54, 1.807) is 6.92 Å². The minimum Gasteiger partial charge on any atom is -0.466 e. The van der Waals surface area contributed by atoms with E-state index in [0.717, 1.165) is 26.1 Å². The Morgan fingerprint density at radius 2 is 1.94 bits per heavy atom. The molecule has 0 aromatic heterocycles. The molecule has 1 unspecified atom stereocenters. The molecule has 106 valence electrons. The normalized spacial score (nSPS) is 21.6. The SMILES string of the molecule is CCCN1CCC(O)(C(CC)C(=O)OCC)CC1. The Morgan fingerprint density at radius 3 is 2.39 bits per heavy atom. The van der Waals surface area contributed by atoms with Gasteiger partial charge < -0.3 is 14.7 Å². The summed E-state index contributed by atoms with van der Waals surface area (Å²) >= 11 is 0. The highest BCUT2D eigenvalue weighted by Gasteiger charge is 2.43. The molecule has 0 spiro atoms. The maximum Gasteiger partial charge on any atom is 0.311 e. The second-order valence-corrected chi connectivity index (χ2v) is 5.16. The molecular weight excluding hydrogens is 230 g/mol. The highest BCUT2D eigenvalue weighted by atomic mass is 16.5. The van der Waals surface area contributed by atoms with Gasteiger partial charge in [0.05, 0.1) is 18.1 Å². The van der Waals surface area contributed by atoms with Crippen molar-refractivity contribution in [2.75, 3.05) is 26.2 Å². The molecule has 0 saturated carbocycles. The number of carbonyl (C=O) groups excluding carboxylic acids is 1. The van der Waals surface area contributed by atoms with Crippen molar-refractivity contribution in [1.29, 1.82) is 0 Å². The molecule has 0 aromatic carbocycles. The van der Waals surface area contributed by atoms with Crippen molar-refractivity contribution in [2.24, 2.45) is 5.92 Å². The molecule has 1 heterocycles. The lowest BCUT2D eigenvalue weighted by Crippen LogP contribution is -2.51. The molecule has 1 N–H and O–H groups in total. The molecule has 1 aliphatic heterocycles. The first-order valence-electron chi connectivity index (χ1n) is 7.18. The van der Waals surface area contributed by atoms with Crippen LogP contribution in [0, 0.1) is 5.92 Å². The monoisotopic (exact) mass is 257 g/mol. The fraction of sp³-hybridized carbons (Fsp3) is 0.929. The maximum atomic E-state index is 11.9. The van der Waals surface area contributed by atoms with Gasteiger partial charge in [-0.3, -0.25) is 4.79 Å². The van der Waals surface area contributed by atoms with Crippen LogP contribution in [0.25, 0.3) is 0 Å². The summed E-state index contributed by atoms with van der Waals surface area (Å²) < 4.78 is 5.08. The van der Waals surface area contributed by atoms with Gasteiger partial charge in [-0.15, -0.1) is 0 Å². The molecule has 0 aromatic rings. The Balaban J connectivity index is 2.60. The molecule has 1 aliphatic rings. The minimum absolute atomic E-state index is 0.244. The quantitative estimate of drug-likeness (QED) is 0.737. The molecular formula is C14H27NO3. The Bertz CT molecular complexity index is 260. The molecule has 4 heteroatoms. The van der Waals surface area contributed by atoms with Crippen LogP contribution in [-0.2, 0) is 9.53 Å². The van der Waals surface area contributed by atoms with Crippen LogP contribution in [-0.4, -0.2) is 47.8 Å².